The van der Waals surface area contributed by atoms with E-state index in [-0.39, 0.29) is 11.7 Å². The number of nitrogens with one attached hydrogen (secondary N) is 1. The average molecular weight is 416 g/mol. The molecule has 2 aromatic rings. The van der Waals surface area contributed by atoms with E-state index in [9.17, 15) is 14.0 Å². The van der Waals surface area contributed by atoms with E-state index in [0.717, 1.165) is 11.1 Å². The van der Waals surface area contributed by atoms with Crippen LogP contribution in [0, 0.1) is 5.82 Å². The molecule has 2 rings (SSSR count). The van der Waals surface area contributed by atoms with E-state index in [1.165, 1.54) is 12.1 Å². The topological polar surface area (TPSA) is 71.5 Å². The summed E-state index contributed by atoms with van der Waals surface area (Å²) in [6.45, 7) is 6.77. The Balaban J connectivity index is 1.78. The Bertz CT molecular complexity index is 805. The van der Waals surface area contributed by atoms with Gasteiger partial charge in [0.1, 0.15) is 11.4 Å². The van der Waals surface area contributed by atoms with Crippen LogP contribution in [-0.4, -0.2) is 40.6 Å². The van der Waals surface area contributed by atoms with E-state index >= 15 is 0 Å². The maximum atomic E-state index is 12.9. The zero-order valence-corrected chi connectivity index (χ0v) is 17.9. The SMILES string of the molecule is CC(C)(C)OC(=O)N(CCCNC(=O)CCc1ccc(F)cc1)Cc1cccnc1. The number of benzene rings is 1. The number of carbonyl (C=O) groups excluding carboxylic acids is 2. The van der Waals surface area contributed by atoms with E-state index in [1.54, 1.807) is 29.4 Å². The number of pyridine rings is 1. The molecule has 1 aromatic carbocycles. The van der Waals surface area contributed by atoms with Gasteiger partial charge in [-0.25, -0.2) is 9.18 Å². The monoisotopic (exact) mass is 415 g/mol. The number of nitrogens with zero attached hydrogens (tertiary/aromatic N) is 2. The van der Waals surface area contributed by atoms with Crippen LogP contribution in [0.3, 0.4) is 0 Å². The van der Waals surface area contributed by atoms with Crippen molar-refractivity contribution in [3.63, 3.8) is 0 Å². The molecule has 30 heavy (non-hydrogen) atoms. The Morgan fingerprint density at radius 1 is 1.13 bits per heavy atom. The molecule has 0 spiro atoms. The number of hydrogen-bond acceptors (Lipinski definition) is 4. The van der Waals surface area contributed by atoms with Crippen LogP contribution >= 0.6 is 0 Å². The summed E-state index contributed by atoms with van der Waals surface area (Å²) in [6, 6.07) is 9.87. The number of rotatable bonds is 9. The summed E-state index contributed by atoms with van der Waals surface area (Å²) in [5.41, 5.74) is 1.24. The molecule has 1 aromatic heterocycles. The van der Waals surface area contributed by atoms with Crippen LogP contribution in [0.2, 0.25) is 0 Å². The Labute approximate surface area is 177 Å². The first-order valence-electron chi connectivity index (χ1n) is 10.1. The molecule has 6 nitrogen and oxygen atoms in total. The predicted octanol–water partition coefficient (Wildman–Crippen LogP) is 4.10. The first kappa shape index (κ1) is 23.3. The van der Waals surface area contributed by atoms with Gasteiger partial charge in [0, 0.05) is 31.9 Å². The zero-order chi connectivity index (χ0) is 22.0. The summed E-state index contributed by atoms with van der Waals surface area (Å²) < 4.78 is 18.4. The first-order valence-corrected chi connectivity index (χ1v) is 10.1. The van der Waals surface area contributed by atoms with Crippen LogP contribution < -0.4 is 5.32 Å². The zero-order valence-electron chi connectivity index (χ0n) is 17.9. The molecule has 7 heteroatoms. The molecule has 0 aliphatic heterocycles. The normalized spacial score (nSPS) is 11.1. The molecule has 0 aliphatic carbocycles. The summed E-state index contributed by atoms with van der Waals surface area (Å²) in [4.78, 5) is 30.3. The fourth-order valence-electron chi connectivity index (χ4n) is 2.77. The lowest BCUT2D eigenvalue weighted by Crippen LogP contribution is -2.38. The van der Waals surface area contributed by atoms with Gasteiger partial charge in [-0.05, 0) is 62.9 Å². The van der Waals surface area contributed by atoms with Crippen molar-refractivity contribution in [1.82, 2.24) is 15.2 Å². The summed E-state index contributed by atoms with van der Waals surface area (Å²) in [5, 5.41) is 2.87. The van der Waals surface area contributed by atoms with Gasteiger partial charge in [-0.2, -0.15) is 0 Å². The molecule has 0 bridgehead atoms. The van der Waals surface area contributed by atoms with Gasteiger partial charge in [-0.1, -0.05) is 18.2 Å². The third kappa shape index (κ3) is 9.03. The lowest BCUT2D eigenvalue weighted by Gasteiger charge is -2.27. The summed E-state index contributed by atoms with van der Waals surface area (Å²) in [6.07, 6.45) is 4.49. The minimum atomic E-state index is -0.584. The molecule has 0 fully saturated rings. The van der Waals surface area contributed by atoms with Crippen molar-refractivity contribution in [2.75, 3.05) is 13.1 Å². The molecule has 1 N–H and O–H groups in total. The number of ether oxygens (including phenoxy) is 1. The van der Waals surface area contributed by atoms with Gasteiger partial charge in [0.05, 0.1) is 6.54 Å². The smallest absolute Gasteiger partial charge is 0.410 e. The van der Waals surface area contributed by atoms with E-state index < -0.39 is 11.7 Å². The Morgan fingerprint density at radius 3 is 2.50 bits per heavy atom. The molecular formula is C23H30FN3O3. The third-order valence-corrected chi connectivity index (χ3v) is 4.23. The lowest BCUT2D eigenvalue weighted by molar-refractivity contribution is -0.121. The number of halogens is 1. The molecule has 162 valence electrons. The maximum absolute atomic E-state index is 12.9. The highest BCUT2D eigenvalue weighted by Gasteiger charge is 2.22. The van der Waals surface area contributed by atoms with Crippen molar-refractivity contribution in [3.05, 3.63) is 65.7 Å². The van der Waals surface area contributed by atoms with Crippen molar-refractivity contribution in [2.45, 2.75) is 52.2 Å². The second-order valence-corrected chi connectivity index (χ2v) is 8.09. The van der Waals surface area contributed by atoms with E-state index in [2.05, 4.69) is 10.3 Å². The molecule has 0 aliphatic rings. The van der Waals surface area contributed by atoms with Gasteiger partial charge in [0.15, 0.2) is 0 Å². The highest BCUT2D eigenvalue weighted by Crippen LogP contribution is 2.13. The van der Waals surface area contributed by atoms with Gasteiger partial charge in [-0.15, -0.1) is 0 Å². The lowest BCUT2D eigenvalue weighted by atomic mass is 10.1. The summed E-state index contributed by atoms with van der Waals surface area (Å²) in [5.74, 6) is -0.362. The van der Waals surface area contributed by atoms with Gasteiger partial charge >= 0.3 is 6.09 Å². The minimum Gasteiger partial charge on any atom is -0.444 e. The van der Waals surface area contributed by atoms with Crippen molar-refractivity contribution >= 4 is 12.0 Å². The van der Waals surface area contributed by atoms with Crippen LogP contribution in [0.5, 0.6) is 0 Å². The number of amides is 2. The summed E-state index contributed by atoms with van der Waals surface area (Å²) >= 11 is 0. The number of aryl methyl sites for hydroxylation is 1. The number of hydrogen-bond donors (Lipinski definition) is 1. The molecule has 0 unspecified atom stereocenters. The number of carbonyl (C=O) groups is 2. The van der Waals surface area contributed by atoms with Crippen molar-refractivity contribution in [1.29, 1.82) is 0 Å². The fourth-order valence-corrected chi connectivity index (χ4v) is 2.77. The van der Waals surface area contributed by atoms with Crippen LogP contribution in [0.15, 0.2) is 48.8 Å². The Kier molecular flexibility index (Phi) is 8.77. The van der Waals surface area contributed by atoms with Crippen LogP contribution in [-0.2, 0) is 22.5 Å². The average Bonchev–Trinajstić information content (AvgIpc) is 2.69. The molecule has 0 atom stereocenters. The molecule has 0 saturated heterocycles. The molecule has 0 radical (unpaired) electrons. The predicted molar refractivity (Wildman–Crippen MR) is 113 cm³/mol. The number of aromatic nitrogens is 1. The van der Waals surface area contributed by atoms with Crippen LogP contribution in [0.1, 0.15) is 44.7 Å². The third-order valence-electron chi connectivity index (χ3n) is 4.23. The standard InChI is InChI=1S/C23H30FN3O3/c1-23(2,3)30-22(29)27(17-19-6-4-13-25-16-19)15-5-14-26-21(28)12-9-18-7-10-20(24)11-8-18/h4,6-8,10-11,13,16H,5,9,12,14-15,17H2,1-3H3,(H,26,28). The molecular weight excluding hydrogens is 385 g/mol. The Morgan fingerprint density at radius 2 is 1.87 bits per heavy atom. The first-order chi connectivity index (χ1) is 14.2. The largest absolute Gasteiger partial charge is 0.444 e. The Hall–Kier alpha value is -2.96. The highest BCUT2D eigenvalue weighted by molar-refractivity contribution is 5.76. The molecule has 1 heterocycles. The summed E-state index contributed by atoms with van der Waals surface area (Å²) in [7, 11) is 0. The van der Waals surface area contributed by atoms with Gasteiger partial charge < -0.3 is 15.0 Å². The van der Waals surface area contributed by atoms with Gasteiger partial charge in [0.2, 0.25) is 5.91 Å². The van der Waals surface area contributed by atoms with Gasteiger partial charge in [0.25, 0.3) is 0 Å². The maximum Gasteiger partial charge on any atom is 0.410 e. The molecule has 2 amide bonds. The van der Waals surface area contributed by atoms with E-state index in [4.69, 9.17) is 4.74 Å². The minimum absolute atomic E-state index is 0.0737. The van der Waals surface area contributed by atoms with Crippen molar-refractivity contribution in [3.8, 4) is 0 Å². The molecule has 0 saturated carbocycles. The van der Waals surface area contributed by atoms with Crippen LogP contribution in [0.4, 0.5) is 9.18 Å². The van der Waals surface area contributed by atoms with E-state index in [0.29, 0.717) is 38.9 Å². The highest BCUT2D eigenvalue weighted by atomic mass is 19.1. The quantitative estimate of drug-likeness (QED) is 0.626. The van der Waals surface area contributed by atoms with Crippen molar-refractivity contribution in [2.24, 2.45) is 0 Å². The van der Waals surface area contributed by atoms with Crippen LogP contribution in [0.25, 0.3) is 0 Å². The van der Waals surface area contributed by atoms with E-state index in [1.807, 2.05) is 32.9 Å². The fraction of sp³-hybridized carbons (Fsp3) is 0.435. The van der Waals surface area contributed by atoms with Crippen molar-refractivity contribution < 1.29 is 18.7 Å². The second-order valence-electron chi connectivity index (χ2n) is 8.09. The van der Waals surface area contributed by atoms with Gasteiger partial charge in [-0.3, -0.25) is 9.78 Å². The second kappa shape index (κ2) is 11.3.